The number of nitrogens with one attached hydrogen (secondary N) is 1. The maximum Gasteiger partial charge on any atom is 0.221 e. The van der Waals surface area contributed by atoms with Crippen LogP contribution in [0.4, 0.5) is 5.69 Å². The van der Waals surface area contributed by atoms with Crippen LogP contribution in [0.2, 0.25) is 5.02 Å². The normalized spacial score (nSPS) is 10.1. The van der Waals surface area contributed by atoms with Crippen molar-refractivity contribution in [1.82, 2.24) is 0 Å². The maximum atomic E-state index is 11.0. The van der Waals surface area contributed by atoms with Gasteiger partial charge in [0, 0.05) is 23.2 Å². The van der Waals surface area contributed by atoms with E-state index >= 15 is 0 Å². The van der Waals surface area contributed by atoms with Crippen LogP contribution < -0.4 is 10.1 Å². The van der Waals surface area contributed by atoms with Crippen LogP contribution in [0.5, 0.6) is 5.75 Å². The first kappa shape index (κ1) is 13.4. The van der Waals surface area contributed by atoms with Crippen molar-refractivity contribution in [3.8, 4) is 16.9 Å². The second kappa shape index (κ2) is 5.76. The number of hydrogen-bond acceptors (Lipinski definition) is 2. The van der Waals surface area contributed by atoms with Gasteiger partial charge in [0.25, 0.3) is 0 Å². The average Bonchev–Trinajstić information content (AvgIpc) is 2.40. The van der Waals surface area contributed by atoms with Gasteiger partial charge in [-0.05, 0) is 35.9 Å². The van der Waals surface area contributed by atoms with Crippen molar-refractivity contribution in [2.24, 2.45) is 0 Å². The molecule has 4 heteroatoms. The average molecular weight is 276 g/mol. The van der Waals surface area contributed by atoms with Gasteiger partial charge in [-0.2, -0.15) is 0 Å². The molecule has 0 aliphatic heterocycles. The molecule has 0 spiro atoms. The smallest absolute Gasteiger partial charge is 0.221 e. The number of rotatable bonds is 3. The van der Waals surface area contributed by atoms with Crippen LogP contribution in [0.1, 0.15) is 6.92 Å². The van der Waals surface area contributed by atoms with Crippen LogP contribution in [0.25, 0.3) is 11.1 Å². The lowest BCUT2D eigenvalue weighted by molar-refractivity contribution is -0.114. The summed E-state index contributed by atoms with van der Waals surface area (Å²) in [7, 11) is 1.62. The van der Waals surface area contributed by atoms with Gasteiger partial charge < -0.3 is 10.1 Å². The fourth-order valence-corrected chi connectivity index (χ4v) is 2.02. The third kappa shape index (κ3) is 3.26. The molecule has 1 N–H and O–H groups in total. The number of anilines is 1. The number of amides is 1. The Morgan fingerprint density at radius 3 is 2.42 bits per heavy atom. The highest BCUT2D eigenvalue weighted by Gasteiger charge is 2.05. The minimum Gasteiger partial charge on any atom is -0.497 e. The summed E-state index contributed by atoms with van der Waals surface area (Å²) in [5, 5.41) is 3.38. The molecule has 0 aliphatic rings. The summed E-state index contributed by atoms with van der Waals surface area (Å²) in [5.74, 6) is 0.664. The molecule has 0 radical (unpaired) electrons. The van der Waals surface area contributed by atoms with Crippen LogP contribution in [0, 0.1) is 0 Å². The van der Waals surface area contributed by atoms with Gasteiger partial charge in [0.2, 0.25) is 5.91 Å². The first-order valence-corrected chi connectivity index (χ1v) is 6.19. The highest BCUT2D eigenvalue weighted by Crippen LogP contribution is 2.32. The molecule has 2 aromatic carbocycles. The molecule has 0 saturated carbocycles. The molecule has 0 aliphatic carbocycles. The summed E-state index contributed by atoms with van der Waals surface area (Å²) in [6.07, 6.45) is 0. The molecule has 2 rings (SSSR count). The van der Waals surface area contributed by atoms with Gasteiger partial charge in [-0.3, -0.25) is 4.79 Å². The Kier molecular flexibility index (Phi) is 4.07. The first-order valence-electron chi connectivity index (χ1n) is 5.81. The molecule has 0 saturated heterocycles. The van der Waals surface area contributed by atoms with E-state index in [4.69, 9.17) is 16.3 Å². The molecule has 2 aromatic rings. The molecule has 0 atom stereocenters. The van der Waals surface area contributed by atoms with Crippen LogP contribution in [-0.2, 0) is 4.79 Å². The Hall–Kier alpha value is -2.00. The van der Waals surface area contributed by atoms with Gasteiger partial charge >= 0.3 is 0 Å². The molecular weight excluding hydrogens is 262 g/mol. The molecule has 0 heterocycles. The van der Waals surface area contributed by atoms with Gasteiger partial charge in [0.05, 0.1) is 7.11 Å². The van der Waals surface area contributed by atoms with E-state index in [0.717, 1.165) is 22.6 Å². The van der Waals surface area contributed by atoms with E-state index in [9.17, 15) is 4.79 Å². The van der Waals surface area contributed by atoms with Crippen LogP contribution in [-0.4, -0.2) is 13.0 Å². The summed E-state index contributed by atoms with van der Waals surface area (Å²) in [5.41, 5.74) is 2.63. The van der Waals surface area contributed by atoms with Gasteiger partial charge in [-0.1, -0.05) is 23.7 Å². The fraction of sp³-hybridized carbons (Fsp3) is 0.133. The lowest BCUT2D eigenvalue weighted by Crippen LogP contribution is -2.05. The van der Waals surface area contributed by atoms with E-state index in [1.807, 2.05) is 36.4 Å². The zero-order valence-corrected chi connectivity index (χ0v) is 11.5. The van der Waals surface area contributed by atoms with Crippen molar-refractivity contribution >= 4 is 23.2 Å². The molecule has 98 valence electrons. The lowest BCUT2D eigenvalue weighted by atomic mass is 10.0. The molecule has 1 amide bonds. The van der Waals surface area contributed by atoms with Crippen molar-refractivity contribution < 1.29 is 9.53 Å². The monoisotopic (exact) mass is 275 g/mol. The molecule has 3 nitrogen and oxygen atoms in total. The van der Waals surface area contributed by atoms with E-state index in [-0.39, 0.29) is 5.91 Å². The van der Waals surface area contributed by atoms with Gasteiger partial charge in [-0.15, -0.1) is 0 Å². The van der Waals surface area contributed by atoms with E-state index in [1.165, 1.54) is 6.92 Å². The Morgan fingerprint density at radius 1 is 1.16 bits per heavy atom. The third-order valence-electron chi connectivity index (χ3n) is 2.69. The minimum atomic E-state index is -0.0906. The lowest BCUT2D eigenvalue weighted by Gasteiger charge is -2.08. The van der Waals surface area contributed by atoms with Crippen molar-refractivity contribution in [3.05, 3.63) is 47.5 Å². The van der Waals surface area contributed by atoms with Crippen molar-refractivity contribution in [2.45, 2.75) is 6.92 Å². The van der Waals surface area contributed by atoms with Crippen molar-refractivity contribution in [3.63, 3.8) is 0 Å². The topological polar surface area (TPSA) is 38.3 Å². The number of carbonyl (C=O) groups excluding carboxylic acids is 1. The highest BCUT2D eigenvalue weighted by atomic mass is 35.5. The zero-order chi connectivity index (χ0) is 13.8. The molecule has 0 unspecified atom stereocenters. The molecular formula is C15H14ClNO2. The van der Waals surface area contributed by atoms with E-state index in [2.05, 4.69) is 5.32 Å². The number of carbonyl (C=O) groups is 1. The second-order valence-electron chi connectivity index (χ2n) is 4.10. The summed E-state index contributed by atoms with van der Waals surface area (Å²) < 4.78 is 5.19. The molecule has 0 aromatic heterocycles. The van der Waals surface area contributed by atoms with Crippen LogP contribution >= 0.6 is 11.6 Å². The molecule has 0 fully saturated rings. The second-order valence-corrected chi connectivity index (χ2v) is 4.51. The van der Waals surface area contributed by atoms with Gasteiger partial charge in [0.15, 0.2) is 0 Å². The van der Waals surface area contributed by atoms with Crippen molar-refractivity contribution in [2.75, 3.05) is 12.4 Å². The highest BCUT2D eigenvalue weighted by molar-refractivity contribution is 6.33. The maximum absolute atomic E-state index is 11.0. The first-order chi connectivity index (χ1) is 9.10. The van der Waals surface area contributed by atoms with Crippen molar-refractivity contribution in [1.29, 1.82) is 0 Å². The Bertz CT molecular complexity index is 594. The number of methoxy groups -OCH3 is 1. The molecule has 0 bridgehead atoms. The minimum absolute atomic E-state index is 0.0906. The number of hydrogen-bond donors (Lipinski definition) is 1. The summed E-state index contributed by atoms with van der Waals surface area (Å²) in [4.78, 5) is 11.0. The fourth-order valence-electron chi connectivity index (χ4n) is 1.79. The van der Waals surface area contributed by atoms with E-state index < -0.39 is 0 Å². The summed E-state index contributed by atoms with van der Waals surface area (Å²) >= 11 is 6.19. The largest absolute Gasteiger partial charge is 0.497 e. The predicted molar refractivity (Wildman–Crippen MR) is 77.7 cm³/mol. The van der Waals surface area contributed by atoms with Gasteiger partial charge in [0.1, 0.15) is 5.75 Å². The Balaban J connectivity index is 2.34. The standard InChI is InChI=1S/C15H14ClNO2/c1-10(18)17-12-5-3-11(4-6-12)14-9-13(19-2)7-8-15(14)16/h3-9H,1-2H3,(H,17,18). The molecule has 19 heavy (non-hydrogen) atoms. The SMILES string of the molecule is COc1ccc(Cl)c(-c2ccc(NC(C)=O)cc2)c1. The predicted octanol–water partition coefficient (Wildman–Crippen LogP) is 3.97. The number of halogens is 1. The summed E-state index contributed by atoms with van der Waals surface area (Å²) in [6.45, 7) is 1.48. The quantitative estimate of drug-likeness (QED) is 0.920. The van der Waals surface area contributed by atoms with E-state index in [1.54, 1.807) is 13.2 Å². The third-order valence-corrected chi connectivity index (χ3v) is 3.02. The Labute approximate surface area is 117 Å². The van der Waals surface area contributed by atoms with Crippen LogP contribution in [0.15, 0.2) is 42.5 Å². The number of benzene rings is 2. The summed E-state index contributed by atoms with van der Waals surface area (Å²) in [6, 6.07) is 13.0. The number of ether oxygens (including phenoxy) is 1. The van der Waals surface area contributed by atoms with Gasteiger partial charge in [-0.25, -0.2) is 0 Å². The van der Waals surface area contributed by atoms with E-state index in [0.29, 0.717) is 5.02 Å². The van der Waals surface area contributed by atoms with Crippen LogP contribution in [0.3, 0.4) is 0 Å². The Morgan fingerprint density at radius 2 is 1.84 bits per heavy atom. The zero-order valence-electron chi connectivity index (χ0n) is 10.7.